The highest BCUT2D eigenvalue weighted by atomic mass is 127. The molecular formula is C20H31FIN5. The van der Waals surface area contributed by atoms with Crippen molar-refractivity contribution in [3.63, 3.8) is 0 Å². The van der Waals surface area contributed by atoms with Crippen molar-refractivity contribution in [3.05, 3.63) is 42.2 Å². The molecule has 0 radical (unpaired) electrons. The minimum atomic E-state index is -0.177. The third-order valence-electron chi connectivity index (χ3n) is 4.94. The maximum Gasteiger partial charge on any atom is 0.191 e. The Morgan fingerprint density at radius 1 is 1.11 bits per heavy atom. The zero-order chi connectivity index (χ0) is 18.2. The van der Waals surface area contributed by atoms with Gasteiger partial charge in [-0.1, -0.05) is 12.2 Å². The lowest BCUT2D eigenvalue weighted by Gasteiger charge is -2.35. The highest BCUT2D eigenvalue weighted by Gasteiger charge is 2.17. The van der Waals surface area contributed by atoms with E-state index in [-0.39, 0.29) is 29.8 Å². The molecule has 0 amide bonds. The van der Waals surface area contributed by atoms with Crippen LogP contribution in [0.15, 0.2) is 41.4 Å². The lowest BCUT2D eigenvalue weighted by molar-refractivity contribution is 0.265. The van der Waals surface area contributed by atoms with Crippen molar-refractivity contribution in [2.75, 3.05) is 50.7 Å². The highest BCUT2D eigenvalue weighted by molar-refractivity contribution is 14.0. The molecule has 2 aliphatic rings. The summed E-state index contributed by atoms with van der Waals surface area (Å²) in [7, 11) is 0. The summed E-state index contributed by atoms with van der Waals surface area (Å²) in [5.74, 6) is 0.745. The standard InChI is InChI=1S/C20H30FN5.HI/c1-2-22-20(24-18-5-3-4-6-18)23-11-12-25-13-15-26(16-14-25)19-9-7-17(21)8-10-19;/h3-4,7-10,18H,2,5-6,11-16H2,1H3,(H2,22,23,24);1H. The van der Waals surface area contributed by atoms with Crippen LogP contribution < -0.4 is 15.5 Å². The lowest BCUT2D eigenvalue weighted by atomic mass is 10.2. The first kappa shape index (κ1) is 21.9. The van der Waals surface area contributed by atoms with E-state index in [2.05, 4.69) is 39.5 Å². The van der Waals surface area contributed by atoms with E-state index in [0.717, 1.165) is 70.3 Å². The summed E-state index contributed by atoms with van der Waals surface area (Å²) >= 11 is 0. The van der Waals surface area contributed by atoms with Crippen LogP contribution in [-0.2, 0) is 0 Å². The SMILES string of the molecule is CCNC(=NCCN1CCN(c2ccc(F)cc2)CC1)NC1CC=CC1.I. The molecule has 7 heteroatoms. The molecule has 0 saturated carbocycles. The van der Waals surface area contributed by atoms with Crippen LogP contribution in [0.2, 0.25) is 0 Å². The Morgan fingerprint density at radius 3 is 2.41 bits per heavy atom. The van der Waals surface area contributed by atoms with Gasteiger partial charge in [0.05, 0.1) is 6.54 Å². The van der Waals surface area contributed by atoms with Gasteiger partial charge in [0.2, 0.25) is 0 Å². The number of benzene rings is 1. The van der Waals surface area contributed by atoms with E-state index in [0.29, 0.717) is 6.04 Å². The normalized spacial score (nSPS) is 18.4. The summed E-state index contributed by atoms with van der Waals surface area (Å²) in [6, 6.07) is 7.27. The molecule has 27 heavy (non-hydrogen) atoms. The molecule has 1 aromatic rings. The Kier molecular flexibility index (Phi) is 9.33. The van der Waals surface area contributed by atoms with Crippen LogP contribution in [0.1, 0.15) is 19.8 Å². The van der Waals surface area contributed by atoms with E-state index in [9.17, 15) is 4.39 Å². The molecule has 1 aliphatic heterocycles. The third-order valence-corrected chi connectivity index (χ3v) is 4.94. The first-order valence-electron chi connectivity index (χ1n) is 9.67. The molecule has 0 atom stereocenters. The molecule has 1 fully saturated rings. The van der Waals surface area contributed by atoms with Crippen LogP contribution in [0.3, 0.4) is 0 Å². The van der Waals surface area contributed by atoms with Crippen LogP contribution >= 0.6 is 24.0 Å². The van der Waals surface area contributed by atoms with E-state index in [4.69, 9.17) is 4.99 Å². The van der Waals surface area contributed by atoms with Crippen LogP contribution in [0.4, 0.5) is 10.1 Å². The fourth-order valence-corrected chi connectivity index (χ4v) is 3.43. The number of piperazine rings is 1. The minimum Gasteiger partial charge on any atom is -0.369 e. The van der Waals surface area contributed by atoms with Gasteiger partial charge < -0.3 is 15.5 Å². The van der Waals surface area contributed by atoms with Gasteiger partial charge in [-0.15, -0.1) is 24.0 Å². The first-order valence-corrected chi connectivity index (χ1v) is 9.67. The zero-order valence-corrected chi connectivity index (χ0v) is 18.4. The molecule has 1 saturated heterocycles. The molecule has 2 N–H and O–H groups in total. The third kappa shape index (κ3) is 6.95. The van der Waals surface area contributed by atoms with E-state index >= 15 is 0 Å². The van der Waals surface area contributed by atoms with Crippen LogP contribution in [-0.4, -0.2) is 62.7 Å². The number of aliphatic imine (C=N–C) groups is 1. The number of guanidine groups is 1. The maximum absolute atomic E-state index is 13.1. The molecule has 0 unspecified atom stereocenters. The van der Waals surface area contributed by atoms with Gasteiger partial charge in [0, 0.05) is 51.0 Å². The fraction of sp³-hybridized carbons (Fsp3) is 0.550. The summed E-state index contributed by atoms with van der Waals surface area (Å²) in [5.41, 5.74) is 1.10. The van der Waals surface area contributed by atoms with E-state index in [1.54, 1.807) is 0 Å². The summed E-state index contributed by atoms with van der Waals surface area (Å²) in [6.07, 6.45) is 6.61. The Bertz CT molecular complexity index is 603. The molecule has 0 spiro atoms. The second-order valence-corrected chi connectivity index (χ2v) is 6.85. The maximum atomic E-state index is 13.1. The quantitative estimate of drug-likeness (QED) is 0.281. The fourth-order valence-electron chi connectivity index (χ4n) is 3.43. The molecule has 1 aromatic carbocycles. The van der Waals surface area contributed by atoms with Crippen molar-refractivity contribution < 1.29 is 4.39 Å². The van der Waals surface area contributed by atoms with Crippen LogP contribution in [0.5, 0.6) is 0 Å². The van der Waals surface area contributed by atoms with Gasteiger partial charge in [-0.2, -0.15) is 0 Å². The summed E-state index contributed by atoms with van der Waals surface area (Å²) in [5, 5.41) is 6.84. The van der Waals surface area contributed by atoms with E-state index in [1.165, 1.54) is 12.1 Å². The highest BCUT2D eigenvalue weighted by Crippen LogP contribution is 2.16. The topological polar surface area (TPSA) is 42.9 Å². The van der Waals surface area contributed by atoms with Gasteiger partial charge in [0.15, 0.2) is 5.96 Å². The Balaban J connectivity index is 0.00000261. The van der Waals surface area contributed by atoms with E-state index in [1.807, 2.05) is 12.1 Å². The molecule has 0 bridgehead atoms. The van der Waals surface area contributed by atoms with Crippen LogP contribution in [0, 0.1) is 5.82 Å². The Morgan fingerprint density at radius 2 is 1.78 bits per heavy atom. The summed E-state index contributed by atoms with van der Waals surface area (Å²) in [6.45, 7) is 8.72. The van der Waals surface area contributed by atoms with E-state index < -0.39 is 0 Å². The lowest BCUT2D eigenvalue weighted by Crippen LogP contribution is -2.47. The van der Waals surface area contributed by atoms with Gasteiger partial charge in [-0.3, -0.25) is 9.89 Å². The number of hydrogen-bond donors (Lipinski definition) is 2. The van der Waals surface area contributed by atoms with Crippen molar-refractivity contribution in [1.29, 1.82) is 0 Å². The number of hydrogen-bond acceptors (Lipinski definition) is 3. The van der Waals surface area contributed by atoms with Crippen molar-refractivity contribution in [1.82, 2.24) is 15.5 Å². The van der Waals surface area contributed by atoms with Gasteiger partial charge in [-0.05, 0) is 44.0 Å². The molecule has 1 heterocycles. The molecule has 0 aromatic heterocycles. The average molecular weight is 487 g/mol. The number of anilines is 1. The van der Waals surface area contributed by atoms with Gasteiger partial charge in [0.1, 0.15) is 5.82 Å². The molecule has 1 aliphatic carbocycles. The number of halogens is 2. The molecule has 5 nitrogen and oxygen atoms in total. The van der Waals surface area contributed by atoms with Crippen molar-refractivity contribution in [3.8, 4) is 0 Å². The van der Waals surface area contributed by atoms with Gasteiger partial charge in [0.25, 0.3) is 0 Å². The second-order valence-electron chi connectivity index (χ2n) is 6.85. The number of rotatable bonds is 6. The predicted molar refractivity (Wildman–Crippen MR) is 122 cm³/mol. The smallest absolute Gasteiger partial charge is 0.191 e. The first-order chi connectivity index (χ1) is 12.7. The molecular weight excluding hydrogens is 456 g/mol. The predicted octanol–water partition coefficient (Wildman–Crippen LogP) is 2.84. The zero-order valence-electron chi connectivity index (χ0n) is 16.0. The average Bonchev–Trinajstić information content (AvgIpc) is 3.16. The van der Waals surface area contributed by atoms with Crippen molar-refractivity contribution >= 4 is 35.6 Å². The summed E-state index contributed by atoms with van der Waals surface area (Å²) in [4.78, 5) is 9.49. The van der Waals surface area contributed by atoms with Crippen LogP contribution in [0.25, 0.3) is 0 Å². The second kappa shape index (κ2) is 11.5. The monoisotopic (exact) mass is 487 g/mol. The van der Waals surface area contributed by atoms with Gasteiger partial charge >= 0.3 is 0 Å². The number of nitrogens with zero attached hydrogens (tertiary/aromatic N) is 3. The summed E-state index contributed by atoms with van der Waals surface area (Å²) < 4.78 is 13.1. The molecule has 3 rings (SSSR count). The van der Waals surface area contributed by atoms with Crippen molar-refractivity contribution in [2.24, 2.45) is 4.99 Å². The Labute approximate surface area is 179 Å². The minimum absolute atomic E-state index is 0. The Hall–Kier alpha value is -1.35. The number of nitrogens with one attached hydrogen (secondary N) is 2. The largest absolute Gasteiger partial charge is 0.369 e. The van der Waals surface area contributed by atoms with Crippen molar-refractivity contribution in [2.45, 2.75) is 25.8 Å². The van der Waals surface area contributed by atoms with Gasteiger partial charge in [-0.25, -0.2) is 4.39 Å². The molecule has 150 valence electrons.